The van der Waals surface area contributed by atoms with Crippen LogP contribution in [0.3, 0.4) is 0 Å². The van der Waals surface area contributed by atoms with Crippen LogP contribution in [0.5, 0.6) is 0 Å². The SMILES string of the molecule is O=C(NC1CCN(c2ccccn2)CC1)c1ccoc1Br. The lowest BCUT2D eigenvalue weighted by molar-refractivity contribution is 0.0929. The summed E-state index contributed by atoms with van der Waals surface area (Å²) in [5.74, 6) is 0.909. The van der Waals surface area contributed by atoms with Crippen molar-refractivity contribution in [3.8, 4) is 0 Å². The smallest absolute Gasteiger partial charge is 0.255 e. The van der Waals surface area contributed by atoms with Gasteiger partial charge in [-0.1, -0.05) is 6.07 Å². The Morgan fingerprint density at radius 1 is 1.33 bits per heavy atom. The quantitative estimate of drug-likeness (QED) is 0.925. The summed E-state index contributed by atoms with van der Waals surface area (Å²) in [6.45, 7) is 1.79. The average Bonchev–Trinajstić information content (AvgIpc) is 2.95. The minimum atomic E-state index is -0.0908. The lowest BCUT2D eigenvalue weighted by atomic mass is 10.0. The lowest BCUT2D eigenvalue weighted by Gasteiger charge is -2.33. The van der Waals surface area contributed by atoms with E-state index in [2.05, 4.69) is 31.1 Å². The minimum absolute atomic E-state index is 0.0908. The first kappa shape index (κ1) is 14.1. The molecule has 0 radical (unpaired) electrons. The third-order valence-corrected chi connectivity index (χ3v) is 4.28. The number of carbonyl (C=O) groups excluding carboxylic acids is 1. The molecule has 0 unspecified atom stereocenters. The summed E-state index contributed by atoms with van der Waals surface area (Å²) < 4.78 is 5.57. The van der Waals surface area contributed by atoms with Gasteiger partial charge in [0.05, 0.1) is 11.8 Å². The van der Waals surface area contributed by atoms with E-state index in [9.17, 15) is 4.79 Å². The monoisotopic (exact) mass is 349 g/mol. The topological polar surface area (TPSA) is 58.4 Å². The highest BCUT2D eigenvalue weighted by atomic mass is 79.9. The molecule has 2 aromatic rings. The maximum Gasteiger partial charge on any atom is 0.255 e. The second-order valence-corrected chi connectivity index (χ2v) is 5.75. The molecule has 0 spiro atoms. The second-order valence-electron chi connectivity index (χ2n) is 5.03. The van der Waals surface area contributed by atoms with Gasteiger partial charge in [0.1, 0.15) is 5.82 Å². The Bertz CT molecular complexity index is 606. The van der Waals surface area contributed by atoms with Crippen LogP contribution in [0.2, 0.25) is 0 Å². The third kappa shape index (κ3) is 3.26. The summed E-state index contributed by atoms with van der Waals surface area (Å²) in [6.07, 6.45) is 5.14. The fraction of sp³-hybridized carbons (Fsp3) is 0.333. The number of hydrogen-bond acceptors (Lipinski definition) is 4. The van der Waals surface area contributed by atoms with Crippen molar-refractivity contribution >= 4 is 27.7 Å². The number of amides is 1. The standard InChI is InChI=1S/C15H16BrN3O2/c16-14-12(6-10-21-14)15(20)18-11-4-8-19(9-5-11)13-3-1-2-7-17-13/h1-3,6-7,10-11H,4-5,8-9H2,(H,18,20). The molecular weight excluding hydrogens is 334 g/mol. The molecule has 0 saturated carbocycles. The van der Waals surface area contributed by atoms with E-state index in [4.69, 9.17) is 4.42 Å². The molecule has 1 fully saturated rings. The van der Waals surface area contributed by atoms with Crippen LogP contribution >= 0.6 is 15.9 Å². The molecule has 110 valence electrons. The van der Waals surface area contributed by atoms with Crippen LogP contribution in [0.25, 0.3) is 0 Å². The zero-order valence-corrected chi connectivity index (χ0v) is 13.0. The van der Waals surface area contributed by atoms with Crippen LogP contribution in [-0.4, -0.2) is 30.0 Å². The van der Waals surface area contributed by atoms with Gasteiger partial charge in [0.2, 0.25) is 0 Å². The molecule has 21 heavy (non-hydrogen) atoms. The third-order valence-electron chi connectivity index (χ3n) is 3.67. The Kier molecular flexibility index (Phi) is 4.24. The number of aromatic nitrogens is 1. The number of rotatable bonds is 3. The van der Waals surface area contributed by atoms with E-state index in [1.807, 2.05) is 18.2 Å². The predicted octanol–water partition coefficient (Wildman–Crippen LogP) is 2.84. The van der Waals surface area contributed by atoms with Gasteiger partial charge in [-0.3, -0.25) is 4.79 Å². The molecule has 3 heterocycles. The van der Waals surface area contributed by atoms with Gasteiger partial charge in [-0.05, 0) is 47.0 Å². The van der Waals surface area contributed by atoms with Gasteiger partial charge in [-0.15, -0.1) is 0 Å². The van der Waals surface area contributed by atoms with Crippen molar-refractivity contribution in [3.05, 3.63) is 47.0 Å². The van der Waals surface area contributed by atoms with Crippen molar-refractivity contribution in [3.63, 3.8) is 0 Å². The van der Waals surface area contributed by atoms with Gasteiger partial charge >= 0.3 is 0 Å². The molecule has 0 aliphatic carbocycles. The summed E-state index contributed by atoms with van der Waals surface area (Å²) in [5.41, 5.74) is 0.544. The number of halogens is 1. The molecule has 1 aliphatic heterocycles. The number of furan rings is 1. The van der Waals surface area contributed by atoms with Gasteiger partial charge in [-0.2, -0.15) is 0 Å². The Morgan fingerprint density at radius 3 is 2.76 bits per heavy atom. The van der Waals surface area contributed by atoms with Gasteiger partial charge in [0, 0.05) is 25.3 Å². The van der Waals surface area contributed by atoms with Crippen LogP contribution in [0.15, 0.2) is 45.8 Å². The molecule has 1 amide bonds. The second kappa shape index (κ2) is 6.30. The zero-order chi connectivity index (χ0) is 14.7. The average molecular weight is 350 g/mol. The fourth-order valence-electron chi connectivity index (χ4n) is 2.51. The number of anilines is 1. The van der Waals surface area contributed by atoms with Crippen LogP contribution in [0.1, 0.15) is 23.2 Å². The first-order chi connectivity index (χ1) is 10.2. The highest BCUT2D eigenvalue weighted by molar-refractivity contribution is 9.10. The van der Waals surface area contributed by atoms with Gasteiger partial charge < -0.3 is 14.6 Å². The van der Waals surface area contributed by atoms with Crippen LogP contribution in [0, 0.1) is 0 Å². The van der Waals surface area contributed by atoms with E-state index in [1.54, 1.807) is 12.3 Å². The summed E-state index contributed by atoms with van der Waals surface area (Å²) >= 11 is 3.23. The predicted molar refractivity (Wildman–Crippen MR) is 83.3 cm³/mol. The van der Waals surface area contributed by atoms with Gasteiger partial charge in [0.25, 0.3) is 5.91 Å². The van der Waals surface area contributed by atoms with E-state index in [0.717, 1.165) is 31.7 Å². The molecule has 5 nitrogen and oxygen atoms in total. The summed E-state index contributed by atoms with van der Waals surface area (Å²) in [5, 5.41) is 3.06. The highest BCUT2D eigenvalue weighted by Gasteiger charge is 2.23. The number of nitrogens with one attached hydrogen (secondary N) is 1. The minimum Gasteiger partial charge on any atom is -0.457 e. The number of carbonyl (C=O) groups is 1. The van der Waals surface area contributed by atoms with Crippen molar-refractivity contribution in [2.45, 2.75) is 18.9 Å². The number of piperidine rings is 1. The lowest BCUT2D eigenvalue weighted by Crippen LogP contribution is -2.44. The Labute approximate surface area is 131 Å². The van der Waals surface area contributed by atoms with Gasteiger partial charge in [0.15, 0.2) is 4.67 Å². The number of nitrogens with zero attached hydrogens (tertiary/aromatic N) is 2. The van der Waals surface area contributed by atoms with Crippen molar-refractivity contribution in [1.82, 2.24) is 10.3 Å². The highest BCUT2D eigenvalue weighted by Crippen LogP contribution is 2.20. The van der Waals surface area contributed by atoms with Crippen molar-refractivity contribution in [1.29, 1.82) is 0 Å². The van der Waals surface area contributed by atoms with E-state index in [1.165, 1.54) is 6.26 Å². The molecular formula is C15H16BrN3O2. The summed E-state index contributed by atoms with van der Waals surface area (Å²) in [7, 11) is 0. The van der Waals surface area contributed by atoms with E-state index >= 15 is 0 Å². The Hall–Kier alpha value is -1.82. The summed E-state index contributed by atoms with van der Waals surface area (Å²) in [4.78, 5) is 18.7. The maximum absolute atomic E-state index is 12.1. The van der Waals surface area contributed by atoms with E-state index in [-0.39, 0.29) is 11.9 Å². The molecule has 1 N–H and O–H groups in total. The normalized spacial score (nSPS) is 16.0. The molecule has 0 bridgehead atoms. The van der Waals surface area contributed by atoms with Gasteiger partial charge in [-0.25, -0.2) is 4.98 Å². The van der Waals surface area contributed by atoms with E-state index in [0.29, 0.717) is 10.2 Å². The van der Waals surface area contributed by atoms with Crippen molar-refractivity contribution in [2.75, 3.05) is 18.0 Å². The molecule has 6 heteroatoms. The fourth-order valence-corrected chi connectivity index (χ4v) is 2.93. The Morgan fingerprint density at radius 2 is 2.14 bits per heavy atom. The molecule has 0 aromatic carbocycles. The maximum atomic E-state index is 12.1. The van der Waals surface area contributed by atoms with Crippen LogP contribution < -0.4 is 10.2 Å². The molecule has 3 rings (SSSR count). The number of hydrogen-bond donors (Lipinski definition) is 1. The first-order valence-electron chi connectivity index (χ1n) is 6.94. The summed E-state index contributed by atoms with van der Waals surface area (Å²) in [6, 6.07) is 7.79. The van der Waals surface area contributed by atoms with Crippen molar-refractivity contribution in [2.24, 2.45) is 0 Å². The van der Waals surface area contributed by atoms with Crippen LogP contribution in [0.4, 0.5) is 5.82 Å². The zero-order valence-electron chi connectivity index (χ0n) is 11.5. The molecule has 1 saturated heterocycles. The molecule has 2 aromatic heterocycles. The molecule has 1 aliphatic rings. The van der Waals surface area contributed by atoms with Crippen molar-refractivity contribution < 1.29 is 9.21 Å². The first-order valence-corrected chi connectivity index (χ1v) is 7.73. The Balaban J connectivity index is 1.55. The number of pyridine rings is 1. The van der Waals surface area contributed by atoms with E-state index < -0.39 is 0 Å². The largest absolute Gasteiger partial charge is 0.457 e. The molecule has 0 atom stereocenters. The van der Waals surface area contributed by atoms with Crippen LogP contribution in [-0.2, 0) is 0 Å².